The number of carbonyl (C=O) groups excluding carboxylic acids is 1. The average Bonchev–Trinajstić information content (AvgIpc) is 2.73. The van der Waals surface area contributed by atoms with Crippen LogP contribution in [0.25, 0.3) is 0 Å². The number of hydrogen-bond donors (Lipinski definition) is 1. The molecule has 0 unspecified atom stereocenters. The lowest BCUT2D eigenvalue weighted by molar-refractivity contribution is 0.0785. The van der Waals surface area contributed by atoms with Crippen molar-refractivity contribution in [3.63, 3.8) is 0 Å². The number of sulfonamides is 1. The first-order chi connectivity index (χ1) is 14.3. The van der Waals surface area contributed by atoms with E-state index in [9.17, 15) is 13.2 Å². The SMILES string of the molecule is CC(C)NS(=O)(=O)c1cccc(C(=O)N(C)Cc2ccc(N3CCCCC3)cc2)c1. The molecule has 162 valence electrons. The van der Waals surface area contributed by atoms with E-state index in [1.54, 1.807) is 37.9 Å². The zero-order valence-electron chi connectivity index (χ0n) is 18.0. The summed E-state index contributed by atoms with van der Waals surface area (Å²) in [6, 6.07) is 14.3. The summed E-state index contributed by atoms with van der Waals surface area (Å²) < 4.78 is 27.3. The minimum Gasteiger partial charge on any atom is -0.372 e. The van der Waals surface area contributed by atoms with E-state index in [1.165, 1.54) is 37.1 Å². The first-order valence-electron chi connectivity index (χ1n) is 10.5. The van der Waals surface area contributed by atoms with Gasteiger partial charge in [-0.25, -0.2) is 13.1 Å². The first-order valence-corrected chi connectivity index (χ1v) is 12.0. The Morgan fingerprint density at radius 1 is 1.07 bits per heavy atom. The Labute approximate surface area is 179 Å². The maximum Gasteiger partial charge on any atom is 0.253 e. The molecule has 7 heteroatoms. The van der Waals surface area contributed by atoms with Gasteiger partial charge in [0, 0.05) is 44.0 Å². The average molecular weight is 430 g/mol. The second-order valence-electron chi connectivity index (χ2n) is 8.18. The van der Waals surface area contributed by atoms with Crippen molar-refractivity contribution >= 4 is 21.6 Å². The summed E-state index contributed by atoms with van der Waals surface area (Å²) in [6.45, 7) is 6.18. The standard InChI is InChI=1S/C23H31N3O3S/c1-18(2)24-30(28,29)22-9-7-8-20(16-22)23(27)25(3)17-19-10-12-21(13-11-19)26-14-5-4-6-15-26/h7-13,16,18,24H,4-6,14-15,17H2,1-3H3. The maximum atomic E-state index is 12.9. The van der Waals surface area contributed by atoms with E-state index in [-0.39, 0.29) is 16.8 Å². The van der Waals surface area contributed by atoms with Crippen LogP contribution in [0.4, 0.5) is 5.69 Å². The van der Waals surface area contributed by atoms with Crippen LogP contribution in [0.5, 0.6) is 0 Å². The van der Waals surface area contributed by atoms with E-state index in [0.717, 1.165) is 18.7 Å². The van der Waals surface area contributed by atoms with Gasteiger partial charge in [-0.05, 0) is 69.0 Å². The van der Waals surface area contributed by atoms with Gasteiger partial charge in [0.25, 0.3) is 5.91 Å². The molecule has 3 rings (SSSR count). The van der Waals surface area contributed by atoms with Crippen LogP contribution < -0.4 is 9.62 Å². The fraction of sp³-hybridized carbons (Fsp3) is 0.435. The van der Waals surface area contributed by atoms with Crippen molar-refractivity contribution in [1.29, 1.82) is 0 Å². The number of piperidine rings is 1. The fourth-order valence-corrected chi connectivity index (χ4v) is 5.00. The maximum absolute atomic E-state index is 12.9. The second kappa shape index (κ2) is 9.62. The molecule has 1 amide bonds. The van der Waals surface area contributed by atoms with Crippen LogP contribution in [0.2, 0.25) is 0 Å². The van der Waals surface area contributed by atoms with Gasteiger partial charge in [-0.15, -0.1) is 0 Å². The van der Waals surface area contributed by atoms with Crippen molar-refractivity contribution in [2.24, 2.45) is 0 Å². The van der Waals surface area contributed by atoms with Gasteiger partial charge in [0.2, 0.25) is 10.0 Å². The lowest BCUT2D eigenvalue weighted by Crippen LogP contribution is -2.31. The summed E-state index contributed by atoms with van der Waals surface area (Å²) in [4.78, 5) is 17.0. The summed E-state index contributed by atoms with van der Waals surface area (Å²) in [5, 5.41) is 0. The number of carbonyl (C=O) groups is 1. The van der Waals surface area contributed by atoms with Gasteiger partial charge in [0.1, 0.15) is 0 Å². The van der Waals surface area contributed by atoms with Crippen LogP contribution in [-0.2, 0) is 16.6 Å². The van der Waals surface area contributed by atoms with E-state index in [2.05, 4.69) is 33.9 Å². The van der Waals surface area contributed by atoms with E-state index >= 15 is 0 Å². The molecule has 0 bridgehead atoms. The van der Waals surface area contributed by atoms with Gasteiger partial charge in [-0.2, -0.15) is 0 Å². The smallest absolute Gasteiger partial charge is 0.253 e. The Bertz CT molecular complexity index is 965. The highest BCUT2D eigenvalue weighted by Gasteiger charge is 2.19. The van der Waals surface area contributed by atoms with E-state index in [1.807, 2.05) is 0 Å². The summed E-state index contributed by atoms with van der Waals surface area (Å²) in [6.07, 6.45) is 3.78. The van der Waals surface area contributed by atoms with Crippen molar-refractivity contribution < 1.29 is 13.2 Å². The number of hydrogen-bond acceptors (Lipinski definition) is 4. The van der Waals surface area contributed by atoms with Gasteiger partial charge < -0.3 is 9.80 Å². The number of nitrogens with one attached hydrogen (secondary N) is 1. The molecular weight excluding hydrogens is 398 g/mol. The molecule has 2 aromatic rings. The summed E-state index contributed by atoms with van der Waals surface area (Å²) in [5.41, 5.74) is 2.62. The van der Waals surface area contributed by atoms with Gasteiger partial charge >= 0.3 is 0 Å². The zero-order valence-corrected chi connectivity index (χ0v) is 18.8. The molecule has 0 radical (unpaired) electrons. The molecule has 1 heterocycles. The van der Waals surface area contributed by atoms with Gasteiger partial charge in [-0.1, -0.05) is 18.2 Å². The van der Waals surface area contributed by atoms with Crippen LogP contribution in [0, 0.1) is 0 Å². The predicted molar refractivity (Wildman–Crippen MR) is 120 cm³/mol. The Balaban J connectivity index is 1.68. The highest BCUT2D eigenvalue weighted by molar-refractivity contribution is 7.89. The number of nitrogens with zero attached hydrogens (tertiary/aromatic N) is 2. The van der Waals surface area contributed by atoms with Gasteiger partial charge in [-0.3, -0.25) is 4.79 Å². The Morgan fingerprint density at radius 3 is 2.37 bits per heavy atom. The molecule has 6 nitrogen and oxygen atoms in total. The van der Waals surface area contributed by atoms with Crippen LogP contribution >= 0.6 is 0 Å². The van der Waals surface area contributed by atoms with Crippen LogP contribution in [0.1, 0.15) is 49.0 Å². The molecule has 0 aliphatic carbocycles. The molecule has 0 spiro atoms. The number of rotatable bonds is 7. The summed E-state index contributed by atoms with van der Waals surface area (Å²) in [7, 11) is -1.91. The molecular formula is C23H31N3O3S. The topological polar surface area (TPSA) is 69.7 Å². The van der Waals surface area contributed by atoms with Crippen molar-refractivity contribution in [1.82, 2.24) is 9.62 Å². The van der Waals surface area contributed by atoms with Crippen molar-refractivity contribution in [3.8, 4) is 0 Å². The summed E-state index contributed by atoms with van der Waals surface area (Å²) in [5.74, 6) is -0.211. The number of benzene rings is 2. The van der Waals surface area contributed by atoms with Gasteiger partial charge in [0.15, 0.2) is 0 Å². The van der Waals surface area contributed by atoms with Crippen molar-refractivity contribution in [3.05, 3.63) is 59.7 Å². The molecule has 2 aromatic carbocycles. The van der Waals surface area contributed by atoms with Crippen LogP contribution in [-0.4, -0.2) is 45.4 Å². The highest BCUT2D eigenvalue weighted by Crippen LogP contribution is 2.21. The summed E-state index contributed by atoms with van der Waals surface area (Å²) >= 11 is 0. The third kappa shape index (κ3) is 5.61. The van der Waals surface area contributed by atoms with E-state index in [4.69, 9.17) is 0 Å². The minimum atomic E-state index is -3.64. The van der Waals surface area contributed by atoms with E-state index < -0.39 is 10.0 Å². The molecule has 1 aliphatic rings. The Hall–Kier alpha value is -2.38. The van der Waals surface area contributed by atoms with E-state index in [0.29, 0.717) is 12.1 Å². The number of amides is 1. The van der Waals surface area contributed by atoms with Crippen molar-refractivity contribution in [2.75, 3.05) is 25.0 Å². The quantitative estimate of drug-likeness (QED) is 0.730. The molecule has 1 aliphatic heterocycles. The largest absolute Gasteiger partial charge is 0.372 e. The van der Waals surface area contributed by atoms with Crippen molar-refractivity contribution in [2.45, 2.75) is 50.6 Å². The Kier molecular flexibility index (Phi) is 7.15. The molecule has 0 aromatic heterocycles. The Morgan fingerprint density at radius 2 is 1.73 bits per heavy atom. The molecule has 1 N–H and O–H groups in total. The zero-order chi connectivity index (χ0) is 21.7. The molecule has 30 heavy (non-hydrogen) atoms. The monoisotopic (exact) mass is 429 g/mol. The number of anilines is 1. The molecule has 1 saturated heterocycles. The third-order valence-corrected chi connectivity index (χ3v) is 6.86. The molecule has 0 atom stereocenters. The fourth-order valence-electron chi connectivity index (χ4n) is 3.70. The van der Waals surface area contributed by atoms with Gasteiger partial charge in [0.05, 0.1) is 4.90 Å². The van der Waals surface area contributed by atoms with Crippen LogP contribution in [0.15, 0.2) is 53.4 Å². The second-order valence-corrected chi connectivity index (χ2v) is 9.89. The lowest BCUT2D eigenvalue weighted by atomic mass is 10.1. The highest BCUT2D eigenvalue weighted by atomic mass is 32.2. The molecule has 1 fully saturated rings. The first kappa shape index (κ1) is 22.3. The third-order valence-electron chi connectivity index (χ3n) is 5.21. The van der Waals surface area contributed by atoms with Crippen LogP contribution in [0.3, 0.4) is 0 Å². The normalized spacial score (nSPS) is 14.7. The lowest BCUT2D eigenvalue weighted by Gasteiger charge is -2.29. The predicted octanol–water partition coefficient (Wildman–Crippen LogP) is 3.64. The molecule has 0 saturated carbocycles. The minimum absolute atomic E-state index is 0.0985.